The highest BCUT2D eigenvalue weighted by Gasteiger charge is 2.16. The lowest BCUT2D eigenvalue weighted by atomic mass is 9.98. The third-order valence-electron chi connectivity index (χ3n) is 3.22. The molecule has 0 saturated heterocycles. The maximum absolute atomic E-state index is 11.5. The van der Waals surface area contributed by atoms with Crippen LogP contribution in [0.25, 0.3) is 10.8 Å². The summed E-state index contributed by atoms with van der Waals surface area (Å²) in [6, 6.07) is 6.98. The number of aromatic nitrogens is 1. The van der Waals surface area contributed by atoms with E-state index in [9.17, 15) is 9.59 Å². The van der Waals surface area contributed by atoms with E-state index in [1.165, 1.54) is 0 Å². The van der Waals surface area contributed by atoms with Gasteiger partial charge >= 0.3 is 0 Å². The summed E-state index contributed by atoms with van der Waals surface area (Å²) in [6.45, 7) is 3.51. The van der Waals surface area contributed by atoms with Crippen LogP contribution < -0.4 is 11.5 Å². The third kappa shape index (κ3) is 2.27. The standard InChI is InChI=1S/C14H15N3O2/c1-7(13(15)18)12-6-11-9(8(2)17-12)4-3-5-10(11)14(16)19/h3-7H,1-2H3,(H2,15,18)(H2,16,19). The lowest BCUT2D eigenvalue weighted by Gasteiger charge is -2.12. The van der Waals surface area contributed by atoms with Gasteiger partial charge in [0.2, 0.25) is 11.8 Å². The highest BCUT2D eigenvalue weighted by molar-refractivity contribution is 6.07. The molecule has 1 unspecified atom stereocenters. The summed E-state index contributed by atoms with van der Waals surface area (Å²) in [5.41, 5.74) is 12.4. The summed E-state index contributed by atoms with van der Waals surface area (Å²) in [5, 5.41) is 1.54. The van der Waals surface area contributed by atoms with E-state index in [1.54, 1.807) is 25.1 Å². The van der Waals surface area contributed by atoms with Crippen molar-refractivity contribution in [3.63, 3.8) is 0 Å². The van der Waals surface area contributed by atoms with E-state index in [4.69, 9.17) is 11.5 Å². The largest absolute Gasteiger partial charge is 0.369 e. The summed E-state index contributed by atoms with van der Waals surface area (Å²) >= 11 is 0. The van der Waals surface area contributed by atoms with Gasteiger partial charge in [-0.05, 0) is 31.4 Å². The second-order valence-corrected chi connectivity index (χ2v) is 4.52. The zero-order chi connectivity index (χ0) is 14.2. The number of rotatable bonds is 3. The van der Waals surface area contributed by atoms with Crippen molar-refractivity contribution < 1.29 is 9.59 Å². The Hall–Kier alpha value is -2.43. The quantitative estimate of drug-likeness (QED) is 0.864. The number of nitrogens with two attached hydrogens (primary N) is 2. The molecular weight excluding hydrogens is 242 g/mol. The molecule has 19 heavy (non-hydrogen) atoms. The molecule has 98 valence electrons. The normalized spacial score (nSPS) is 12.3. The van der Waals surface area contributed by atoms with Crippen molar-refractivity contribution in [3.05, 3.63) is 41.2 Å². The molecule has 0 spiro atoms. The predicted molar refractivity (Wildman–Crippen MR) is 72.6 cm³/mol. The number of nitrogens with zero attached hydrogens (tertiary/aromatic N) is 1. The number of pyridine rings is 1. The Balaban J connectivity index is 2.76. The molecule has 1 aromatic carbocycles. The first-order valence-corrected chi connectivity index (χ1v) is 5.91. The van der Waals surface area contributed by atoms with Gasteiger partial charge in [-0.3, -0.25) is 14.6 Å². The smallest absolute Gasteiger partial charge is 0.249 e. The van der Waals surface area contributed by atoms with Crippen molar-refractivity contribution in [1.29, 1.82) is 0 Å². The molecule has 0 fully saturated rings. The van der Waals surface area contributed by atoms with Crippen LogP contribution in [0.4, 0.5) is 0 Å². The van der Waals surface area contributed by atoms with E-state index in [0.29, 0.717) is 16.6 Å². The number of carbonyl (C=O) groups excluding carboxylic acids is 2. The number of hydrogen-bond donors (Lipinski definition) is 2. The van der Waals surface area contributed by atoms with E-state index in [1.807, 2.05) is 13.0 Å². The molecule has 0 aliphatic heterocycles. The average molecular weight is 257 g/mol. The lowest BCUT2D eigenvalue weighted by molar-refractivity contribution is -0.119. The first kappa shape index (κ1) is 13.0. The average Bonchev–Trinajstić information content (AvgIpc) is 2.36. The Morgan fingerprint density at radius 1 is 1.21 bits per heavy atom. The first-order chi connectivity index (χ1) is 8.91. The molecule has 1 atom stereocenters. The maximum atomic E-state index is 11.5. The Morgan fingerprint density at radius 3 is 2.47 bits per heavy atom. The van der Waals surface area contributed by atoms with Gasteiger partial charge in [0.05, 0.1) is 11.6 Å². The maximum Gasteiger partial charge on any atom is 0.249 e. The molecule has 4 N–H and O–H groups in total. The molecule has 0 aliphatic carbocycles. The van der Waals surface area contributed by atoms with Crippen LogP contribution >= 0.6 is 0 Å². The minimum Gasteiger partial charge on any atom is -0.369 e. The van der Waals surface area contributed by atoms with E-state index in [2.05, 4.69) is 4.98 Å². The van der Waals surface area contributed by atoms with E-state index in [0.717, 1.165) is 11.1 Å². The fraction of sp³-hybridized carbons (Fsp3) is 0.214. The summed E-state index contributed by atoms with van der Waals surface area (Å²) in [7, 11) is 0. The van der Waals surface area contributed by atoms with E-state index >= 15 is 0 Å². The molecule has 0 saturated carbocycles. The van der Waals surface area contributed by atoms with Crippen LogP contribution in [0.2, 0.25) is 0 Å². The van der Waals surface area contributed by atoms with Gasteiger partial charge in [-0.1, -0.05) is 12.1 Å². The molecule has 2 rings (SSSR count). The lowest BCUT2D eigenvalue weighted by Crippen LogP contribution is -2.20. The van der Waals surface area contributed by atoms with Crippen LogP contribution in [0.15, 0.2) is 24.3 Å². The number of fused-ring (bicyclic) bond motifs is 1. The number of carbonyl (C=O) groups is 2. The van der Waals surface area contributed by atoms with Gasteiger partial charge in [0.1, 0.15) is 0 Å². The second-order valence-electron chi connectivity index (χ2n) is 4.52. The van der Waals surface area contributed by atoms with E-state index < -0.39 is 17.7 Å². The highest BCUT2D eigenvalue weighted by atomic mass is 16.1. The van der Waals surface area contributed by atoms with Gasteiger partial charge in [0.15, 0.2) is 0 Å². The number of benzene rings is 1. The van der Waals surface area contributed by atoms with Gasteiger partial charge < -0.3 is 11.5 Å². The Kier molecular flexibility index (Phi) is 3.21. The molecule has 1 aromatic heterocycles. The number of primary amides is 2. The fourth-order valence-electron chi connectivity index (χ4n) is 2.05. The molecule has 0 bridgehead atoms. The van der Waals surface area contributed by atoms with E-state index in [-0.39, 0.29) is 0 Å². The summed E-state index contributed by atoms with van der Waals surface area (Å²) < 4.78 is 0. The highest BCUT2D eigenvalue weighted by Crippen LogP contribution is 2.25. The van der Waals surface area contributed by atoms with Gasteiger partial charge in [-0.2, -0.15) is 0 Å². The SMILES string of the molecule is Cc1nc(C(C)C(N)=O)cc2c(C(N)=O)cccc12. The van der Waals surface area contributed by atoms with Crippen molar-refractivity contribution in [2.45, 2.75) is 19.8 Å². The predicted octanol–water partition coefficient (Wildman–Crippen LogP) is 1.23. The van der Waals surface area contributed by atoms with Crippen molar-refractivity contribution in [1.82, 2.24) is 4.98 Å². The van der Waals surface area contributed by atoms with Crippen LogP contribution in [0.3, 0.4) is 0 Å². The zero-order valence-corrected chi connectivity index (χ0v) is 10.8. The summed E-state index contributed by atoms with van der Waals surface area (Å²) in [6.07, 6.45) is 0. The topological polar surface area (TPSA) is 99.1 Å². The Morgan fingerprint density at radius 2 is 1.89 bits per heavy atom. The summed E-state index contributed by atoms with van der Waals surface area (Å²) in [4.78, 5) is 27.1. The van der Waals surface area contributed by atoms with Gasteiger partial charge in [0, 0.05) is 16.6 Å². The van der Waals surface area contributed by atoms with Crippen LogP contribution in [0.1, 0.15) is 34.6 Å². The van der Waals surface area contributed by atoms with Gasteiger partial charge in [0.25, 0.3) is 0 Å². The number of hydrogen-bond acceptors (Lipinski definition) is 3. The van der Waals surface area contributed by atoms with Crippen LogP contribution in [0.5, 0.6) is 0 Å². The second kappa shape index (κ2) is 4.68. The van der Waals surface area contributed by atoms with Crippen LogP contribution in [-0.4, -0.2) is 16.8 Å². The minimum atomic E-state index is -0.510. The Bertz CT molecular complexity index is 680. The fourth-order valence-corrected chi connectivity index (χ4v) is 2.05. The van der Waals surface area contributed by atoms with Crippen LogP contribution in [0, 0.1) is 6.92 Å². The molecule has 5 heteroatoms. The molecule has 5 nitrogen and oxygen atoms in total. The summed E-state index contributed by atoms with van der Waals surface area (Å²) in [5.74, 6) is -1.47. The molecule has 2 aromatic rings. The number of amides is 2. The monoisotopic (exact) mass is 257 g/mol. The van der Waals surface area contributed by atoms with Crippen LogP contribution in [-0.2, 0) is 4.79 Å². The first-order valence-electron chi connectivity index (χ1n) is 5.91. The molecule has 0 aliphatic rings. The van der Waals surface area contributed by atoms with Crippen molar-refractivity contribution >= 4 is 22.6 Å². The van der Waals surface area contributed by atoms with Crippen molar-refractivity contribution in [2.24, 2.45) is 11.5 Å². The third-order valence-corrected chi connectivity index (χ3v) is 3.22. The molecule has 0 radical (unpaired) electrons. The van der Waals surface area contributed by atoms with Gasteiger partial charge in [-0.15, -0.1) is 0 Å². The number of aryl methyl sites for hydroxylation is 1. The van der Waals surface area contributed by atoms with Crippen molar-refractivity contribution in [3.8, 4) is 0 Å². The molecule has 1 heterocycles. The zero-order valence-electron chi connectivity index (χ0n) is 10.8. The molecule has 2 amide bonds. The molecular formula is C14H15N3O2. The van der Waals surface area contributed by atoms with Gasteiger partial charge in [-0.25, -0.2) is 0 Å². The minimum absolute atomic E-state index is 0.418. The Labute approximate surface area is 110 Å². The van der Waals surface area contributed by atoms with Crippen molar-refractivity contribution in [2.75, 3.05) is 0 Å².